The fourth-order valence-electron chi connectivity index (χ4n) is 1.48. The number of benzene rings is 1. The fourth-order valence-corrected chi connectivity index (χ4v) is 3.10. The second-order valence-corrected chi connectivity index (χ2v) is 5.62. The lowest BCUT2D eigenvalue weighted by Crippen LogP contribution is -2.04. The minimum Gasteiger partial charge on any atom is -0.383 e. The second-order valence-electron chi connectivity index (χ2n) is 3.82. The van der Waals surface area contributed by atoms with Crippen LogP contribution in [0.4, 0.5) is 4.39 Å². The summed E-state index contributed by atoms with van der Waals surface area (Å²) in [6.45, 7) is 1.34. The van der Waals surface area contributed by atoms with Gasteiger partial charge in [-0.1, -0.05) is 33.8 Å². The lowest BCUT2D eigenvalue weighted by molar-refractivity contribution is 0.184. The van der Waals surface area contributed by atoms with Crippen molar-refractivity contribution in [1.29, 1.82) is 0 Å². The molecule has 0 unspecified atom stereocenters. The van der Waals surface area contributed by atoms with Gasteiger partial charge in [0.2, 0.25) is 0 Å². The van der Waals surface area contributed by atoms with Gasteiger partial charge in [-0.05, 0) is 17.7 Å². The minimum atomic E-state index is -0.246. The molecule has 0 radical (unpaired) electrons. The molecular formula is C12H13BrFN3OS. The van der Waals surface area contributed by atoms with Gasteiger partial charge in [-0.15, -0.1) is 10.2 Å². The number of ether oxygens (including phenoxy) is 1. The van der Waals surface area contributed by atoms with Crippen molar-refractivity contribution in [3.63, 3.8) is 0 Å². The maximum absolute atomic E-state index is 13.0. The van der Waals surface area contributed by atoms with Crippen molar-refractivity contribution in [2.75, 3.05) is 13.7 Å². The SMILES string of the molecule is COCCn1cnnc1SCc1ccc(F)cc1Br. The molecule has 2 rings (SSSR count). The maximum Gasteiger partial charge on any atom is 0.191 e. The van der Waals surface area contributed by atoms with E-state index in [0.717, 1.165) is 21.7 Å². The van der Waals surface area contributed by atoms with Crippen LogP contribution in [0.5, 0.6) is 0 Å². The smallest absolute Gasteiger partial charge is 0.191 e. The van der Waals surface area contributed by atoms with E-state index in [1.54, 1.807) is 31.3 Å². The molecule has 0 saturated carbocycles. The van der Waals surface area contributed by atoms with Gasteiger partial charge in [0.15, 0.2) is 5.16 Å². The molecule has 0 saturated heterocycles. The van der Waals surface area contributed by atoms with Crippen LogP contribution in [-0.4, -0.2) is 28.5 Å². The zero-order valence-electron chi connectivity index (χ0n) is 10.3. The Morgan fingerprint density at radius 2 is 2.32 bits per heavy atom. The molecule has 4 nitrogen and oxygen atoms in total. The first-order valence-electron chi connectivity index (χ1n) is 5.64. The third kappa shape index (κ3) is 4.02. The van der Waals surface area contributed by atoms with Crippen LogP contribution in [0.2, 0.25) is 0 Å². The van der Waals surface area contributed by atoms with Crippen LogP contribution in [0.1, 0.15) is 5.56 Å². The average Bonchev–Trinajstić information content (AvgIpc) is 2.83. The summed E-state index contributed by atoms with van der Waals surface area (Å²) < 4.78 is 20.7. The summed E-state index contributed by atoms with van der Waals surface area (Å²) in [4.78, 5) is 0. The Balaban J connectivity index is 2.00. The van der Waals surface area contributed by atoms with Gasteiger partial charge >= 0.3 is 0 Å². The van der Waals surface area contributed by atoms with E-state index in [0.29, 0.717) is 12.4 Å². The Kier molecular flexibility index (Phi) is 5.35. The second kappa shape index (κ2) is 7.02. The standard InChI is InChI=1S/C12H13BrFN3OS/c1-18-5-4-17-8-15-16-12(17)19-7-9-2-3-10(14)6-11(9)13/h2-3,6,8H,4-5,7H2,1H3. The van der Waals surface area contributed by atoms with Gasteiger partial charge in [-0.3, -0.25) is 0 Å². The average molecular weight is 346 g/mol. The van der Waals surface area contributed by atoms with Crippen molar-refractivity contribution in [2.45, 2.75) is 17.5 Å². The van der Waals surface area contributed by atoms with Gasteiger partial charge in [-0.25, -0.2) is 4.39 Å². The summed E-state index contributed by atoms with van der Waals surface area (Å²) in [6, 6.07) is 4.68. The molecule has 19 heavy (non-hydrogen) atoms. The lowest BCUT2D eigenvalue weighted by atomic mass is 10.2. The van der Waals surface area contributed by atoms with Crippen molar-refractivity contribution >= 4 is 27.7 Å². The van der Waals surface area contributed by atoms with Crippen LogP contribution in [0.15, 0.2) is 34.2 Å². The first kappa shape index (κ1) is 14.5. The third-order valence-corrected chi connectivity index (χ3v) is 4.26. The van der Waals surface area contributed by atoms with E-state index in [9.17, 15) is 4.39 Å². The number of halogens is 2. The van der Waals surface area contributed by atoms with E-state index in [1.807, 2.05) is 4.57 Å². The summed E-state index contributed by atoms with van der Waals surface area (Å²) in [5.74, 6) is 0.455. The zero-order chi connectivity index (χ0) is 13.7. The summed E-state index contributed by atoms with van der Waals surface area (Å²) in [5.41, 5.74) is 1.02. The number of hydrogen-bond donors (Lipinski definition) is 0. The maximum atomic E-state index is 13.0. The monoisotopic (exact) mass is 345 g/mol. The van der Waals surface area contributed by atoms with Gasteiger partial charge < -0.3 is 9.30 Å². The molecule has 0 aliphatic heterocycles. The van der Waals surface area contributed by atoms with Crippen molar-refractivity contribution in [2.24, 2.45) is 0 Å². The highest BCUT2D eigenvalue weighted by Crippen LogP contribution is 2.26. The molecule has 0 bridgehead atoms. The van der Waals surface area contributed by atoms with Crippen LogP contribution in [0.25, 0.3) is 0 Å². The number of aromatic nitrogens is 3. The van der Waals surface area contributed by atoms with Crippen molar-refractivity contribution in [3.05, 3.63) is 40.4 Å². The third-order valence-electron chi connectivity index (χ3n) is 2.49. The number of methoxy groups -OCH3 is 1. The Hall–Kier alpha value is -0.920. The van der Waals surface area contributed by atoms with Crippen LogP contribution >= 0.6 is 27.7 Å². The molecule has 2 aromatic rings. The molecule has 0 spiro atoms. The van der Waals surface area contributed by atoms with E-state index in [-0.39, 0.29) is 5.82 Å². The number of rotatable bonds is 6. The van der Waals surface area contributed by atoms with Crippen molar-refractivity contribution in [3.8, 4) is 0 Å². The fraction of sp³-hybridized carbons (Fsp3) is 0.333. The first-order valence-corrected chi connectivity index (χ1v) is 7.42. The van der Waals surface area contributed by atoms with Crippen LogP contribution in [0, 0.1) is 5.82 Å². The molecule has 102 valence electrons. The molecular weight excluding hydrogens is 333 g/mol. The number of hydrogen-bond acceptors (Lipinski definition) is 4. The lowest BCUT2D eigenvalue weighted by Gasteiger charge is -2.06. The molecule has 0 fully saturated rings. The predicted molar refractivity (Wildman–Crippen MR) is 75.6 cm³/mol. The largest absolute Gasteiger partial charge is 0.383 e. The summed E-state index contributed by atoms with van der Waals surface area (Å²) in [5, 5.41) is 8.78. The van der Waals surface area contributed by atoms with Crippen LogP contribution in [0.3, 0.4) is 0 Å². The van der Waals surface area contributed by atoms with Crippen molar-refractivity contribution in [1.82, 2.24) is 14.8 Å². The molecule has 0 amide bonds. The van der Waals surface area contributed by atoms with Crippen LogP contribution < -0.4 is 0 Å². The summed E-state index contributed by atoms with van der Waals surface area (Å²) in [7, 11) is 1.66. The normalized spacial score (nSPS) is 10.9. The molecule has 1 aromatic heterocycles. The van der Waals surface area contributed by atoms with Crippen LogP contribution in [-0.2, 0) is 17.0 Å². The van der Waals surface area contributed by atoms with Gasteiger partial charge in [0.25, 0.3) is 0 Å². The molecule has 7 heteroatoms. The Labute approximate surface area is 123 Å². The Bertz CT molecular complexity index is 550. The number of thioether (sulfide) groups is 1. The molecule has 1 aromatic carbocycles. The van der Waals surface area contributed by atoms with Crippen molar-refractivity contribution < 1.29 is 9.13 Å². The first-order chi connectivity index (χ1) is 9.20. The zero-order valence-corrected chi connectivity index (χ0v) is 12.7. The Morgan fingerprint density at radius 1 is 1.47 bits per heavy atom. The number of nitrogens with zero attached hydrogens (tertiary/aromatic N) is 3. The van der Waals surface area contributed by atoms with Gasteiger partial charge in [0.05, 0.1) is 6.61 Å². The van der Waals surface area contributed by atoms with E-state index < -0.39 is 0 Å². The topological polar surface area (TPSA) is 39.9 Å². The van der Waals surface area contributed by atoms with E-state index in [4.69, 9.17) is 4.74 Å². The molecule has 0 atom stereocenters. The minimum absolute atomic E-state index is 0.246. The van der Waals surface area contributed by atoms with E-state index in [1.165, 1.54) is 12.1 Å². The molecule has 1 heterocycles. The highest BCUT2D eigenvalue weighted by Gasteiger charge is 2.07. The highest BCUT2D eigenvalue weighted by atomic mass is 79.9. The summed E-state index contributed by atoms with van der Waals surface area (Å²) in [6.07, 6.45) is 1.68. The van der Waals surface area contributed by atoms with E-state index in [2.05, 4.69) is 26.1 Å². The quantitative estimate of drug-likeness (QED) is 0.754. The molecule has 0 aliphatic carbocycles. The Morgan fingerprint density at radius 3 is 3.05 bits per heavy atom. The highest BCUT2D eigenvalue weighted by molar-refractivity contribution is 9.10. The van der Waals surface area contributed by atoms with Gasteiger partial charge in [0, 0.05) is 23.9 Å². The van der Waals surface area contributed by atoms with Gasteiger partial charge in [0.1, 0.15) is 12.1 Å². The predicted octanol–water partition coefficient (Wildman–Crippen LogP) is 3.12. The summed E-state index contributed by atoms with van der Waals surface area (Å²) >= 11 is 4.91. The van der Waals surface area contributed by atoms with Gasteiger partial charge in [-0.2, -0.15) is 0 Å². The van der Waals surface area contributed by atoms with E-state index >= 15 is 0 Å². The molecule has 0 N–H and O–H groups in total. The molecule has 0 aliphatic rings.